The summed E-state index contributed by atoms with van der Waals surface area (Å²) in [6.07, 6.45) is 45.6. The van der Waals surface area contributed by atoms with Crippen LogP contribution >= 0.6 is 0 Å². The average molecular weight is 621 g/mol. The van der Waals surface area contributed by atoms with Crippen LogP contribution < -0.4 is 0 Å². The van der Waals surface area contributed by atoms with Crippen LogP contribution in [0.5, 0.6) is 0 Å². The molecule has 0 aliphatic carbocycles. The van der Waals surface area contributed by atoms with E-state index < -0.39 is 0 Å². The number of esters is 1. The summed E-state index contributed by atoms with van der Waals surface area (Å²) in [6, 6.07) is 0. The van der Waals surface area contributed by atoms with Gasteiger partial charge in [-0.1, -0.05) is 220 Å². The van der Waals surface area contributed by atoms with Gasteiger partial charge in [0.1, 0.15) is 0 Å². The Kier molecular flexibility index (Phi) is 36.5. The molecule has 0 aliphatic rings. The van der Waals surface area contributed by atoms with Gasteiger partial charge in [-0.05, 0) is 31.1 Å². The Labute approximate surface area is 279 Å². The lowest BCUT2D eigenvalue weighted by Gasteiger charge is -2.17. The summed E-state index contributed by atoms with van der Waals surface area (Å²) < 4.78 is 5.85. The number of carbonyl (C=O) groups is 1. The van der Waals surface area contributed by atoms with Crippen molar-refractivity contribution in [3.63, 3.8) is 0 Å². The minimum Gasteiger partial charge on any atom is -0.465 e. The van der Waals surface area contributed by atoms with E-state index in [1.807, 2.05) is 0 Å². The van der Waals surface area contributed by atoms with Crippen LogP contribution in [0.1, 0.15) is 246 Å². The van der Waals surface area contributed by atoms with Crippen LogP contribution in [0.2, 0.25) is 0 Å². The lowest BCUT2D eigenvalue weighted by atomic mass is 9.94. The summed E-state index contributed by atoms with van der Waals surface area (Å²) in [5.41, 5.74) is 0. The molecule has 0 aromatic carbocycles. The number of unbranched alkanes of at least 4 members (excludes halogenated alkanes) is 27. The van der Waals surface area contributed by atoms with Crippen molar-refractivity contribution in [2.45, 2.75) is 246 Å². The molecule has 2 nitrogen and oxygen atoms in total. The van der Waals surface area contributed by atoms with Gasteiger partial charge in [0, 0.05) is 6.42 Å². The minimum absolute atomic E-state index is 0.0578. The Balaban J connectivity index is 3.92. The second-order valence-corrected chi connectivity index (χ2v) is 15.0. The van der Waals surface area contributed by atoms with Crippen molar-refractivity contribution in [1.29, 1.82) is 0 Å². The summed E-state index contributed by atoms with van der Waals surface area (Å²) in [6.45, 7) is 9.93. The van der Waals surface area contributed by atoms with E-state index in [-0.39, 0.29) is 5.97 Å². The number of carbonyl (C=O) groups excluding carboxylic acids is 1. The molecule has 1 atom stereocenters. The number of hydrogen-bond donors (Lipinski definition) is 0. The lowest BCUT2D eigenvalue weighted by molar-refractivity contribution is -0.145. The maximum atomic E-state index is 12.5. The second-order valence-electron chi connectivity index (χ2n) is 15.0. The van der Waals surface area contributed by atoms with Gasteiger partial charge in [0.15, 0.2) is 0 Å². The van der Waals surface area contributed by atoms with Gasteiger partial charge >= 0.3 is 5.97 Å². The molecule has 1 unspecified atom stereocenters. The molecule has 0 saturated carbocycles. The first-order valence-corrected chi connectivity index (χ1v) is 20.8. The van der Waals surface area contributed by atoms with Gasteiger partial charge in [-0.25, -0.2) is 0 Å². The van der Waals surface area contributed by atoms with Crippen LogP contribution in [0.3, 0.4) is 0 Å². The van der Waals surface area contributed by atoms with E-state index in [2.05, 4.69) is 27.7 Å². The summed E-state index contributed by atoms with van der Waals surface area (Å²) >= 11 is 0. The SMILES string of the molecule is CCCCCCCCCCCCC(CCCCCCCCCC)COC(=O)CCCCCCCCCCCCCCC(C)C. The molecule has 2 heteroatoms. The van der Waals surface area contributed by atoms with E-state index in [0.717, 1.165) is 12.3 Å². The smallest absolute Gasteiger partial charge is 0.305 e. The van der Waals surface area contributed by atoms with Crippen molar-refractivity contribution >= 4 is 5.97 Å². The fourth-order valence-electron chi connectivity index (χ4n) is 6.67. The zero-order valence-corrected chi connectivity index (χ0v) is 31.2. The molecule has 0 aromatic rings. The molecule has 0 bridgehead atoms. The highest BCUT2D eigenvalue weighted by molar-refractivity contribution is 5.69. The maximum Gasteiger partial charge on any atom is 0.305 e. The molecule has 0 radical (unpaired) electrons. The molecular weight excluding hydrogens is 536 g/mol. The fraction of sp³-hybridized carbons (Fsp3) is 0.976. The Morgan fingerprint density at radius 3 is 1.05 bits per heavy atom. The Morgan fingerprint density at radius 1 is 0.409 bits per heavy atom. The molecule has 0 rings (SSSR count). The molecule has 0 aromatic heterocycles. The monoisotopic (exact) mass is 621 g/mol. The summed E-state index contributed by atoms with van der Waals surface area (Å²) in [7, 11) is 0. The lowest BCUT2D eigenvalue weighted by Crippen LogP contribution is -2.14. The Morgan fingerprint density at radius 2 is 0.705 bits per heavy atom. The van der Waals surface area contributed by atoms with E-state index >= 15 is 0 Å². The normalized spacial score (nSPS) is 12.3. The molecule has 0 spiro atoms. The van der Waals surface area contributed by atoms with Crippen molar-refractivity contribution in [3.05, 3.63) is 0 Å². The van der Waals surface area contributed by atoms with Crippen molar-refractivity contribution < 1.29 is 9.53 Å². The first-order valence-electron chi connectivity index (χ1n) is 20.8. The minimum atomic E-state index is 0.0578. The molecule has 0 saturated heterocycles. The van der Waals surface area contributed by atoms with Gasteiger partial charge in [-0.2, -0.15) is 0 Å². The third-order valence-corrected chi connectivity index (χ3v) is 9.82. The molecule has 264 valence electrons. The summed E-state index contributed by atoms with van der Waals surface area (Å²) in [5, 5.41) is 0. The maximum absolute atomic E-state index is 12.5. The summed E-state index contributed by atoms with van der Waals surface area (Å²) in [4.78, 5) is 12.5. The zero-order chi connectivity index (χ0) is 32.2. The van der Waals surface area contributed by atoms with Gasteiger partial charge in [-0.15, -0.1) is 0 Å². The average Bonchev–Trinajstić information content (AvgIpc) is 3.01. The van der Waals surface area contributed by atoms with Crippen molar-refractivity contribution in [2.24, 2.45) is 11.8 Å². The van der Waals surface area contributed by atoms with Crippen molar-refractivity contribution in [2.75, 3.05) is 6.61 Å². The van der Waals surface area contributed by atoms with Crippen LogP contribution in [0, 0.1) is 11.8 Å². The molecule has 44 heavy (non-hydrogen) atoms. The van der Waals surface area contributed by atoms with E-state index in [1.165, 1.54) is 205 Å². The van der Waals surface area contributed by atoms with Crippen LogP contribution in [-0.4, -0.2) is 12.6 Å². The van der Waals surface area contributed by atoms with Gasteiger partial charge in [0.05, 0.1) is 6.61 Å². The van der Waals surface area contributed by atoms with Crippen molar-refractivity contribution in [1.82, 2.24) is 0 Å². The molecule has 0 amide bonds. The van der Waals surface area contributed by atoms with Gasteiger partial charge in [0.25, 0.3) is 0 Å². The fourth-order valence-corrected chi connectivity index (χ4v) is 6.67. The van der Waals surface area contributed by atoms with E-state index in [9.17, 15) is 4.79 Å². The van der Waals surface area contributed by atoms with Crippen LogP contribution in [-0.2, 0) is 9.53 Å². The van der Waals surface area contributed by atoms with Gasteiger partial charge in [-0.3, -0.25) is 4.79 Å². The third-order valence-electron chi connectivity index (χ3n) is 9.82. The zero-order valence-electron chi connectivity index (χ0n) is 31.2. The number of ether oxygens (including phenoxy) is 1. The van der Waals surface area contributed by atoms with Gasteiger partial charge in [0.2, 0.25) is 0 Å². The highest BCUT2D eigenvalue weighted by atomic mass is 16.5. The van der Waals surface area contributed by atoms with Gasteiger partial charge < -0.3 is 4.74 Å². The third kappa shape index (κ3) is 35.9. The Hall–Kier alpha value is -0.530. The van der Waals surface area contributed by atoms with Crippen LogP contribution in [0.15, 0.2) is 0 Å². The first-order chi connectivity index (χ1) is 21.6. The predicted octanol–water partition coefficient (Wildman–Crippen LogP) is 15.1. The number of rotatable bonds is 37. The van der Waals surface area contributed by atoms with Crippen LogP contribution in [0.25, 0.3) is 0 Å². The van der Waals surface area contributed by atoms with E-state index in [4.69, 9.17) is 4.74 Å². The Bertz CT molecular complexity index is 542. The molecule has 0 N–H and O–H groups in total. The molecule has 0 fully saturated rings. The highest BCUT2D eigenvalue weighted by Crippen LogP contribution is 2.21. The van der Waals surface area contributed by atoms with Crippen molar-refractivity contribution in [3.8, 4) is 0 Å². The standard InChI is InChI=1S/C42H84O2/c1-5-7-9-11-13-15-21-25-29-33-37-41(36-32-28-24-14-12-10-8-6-2)39-44-42(43)38-34-30-26-22-19-17-16-18-20-23-27-31-35-40(3)4/h40-41H,5-39H2,1-4H3. The molecular formula is C42H84O2. The summed E-state index contributed by atoms with van der Waals surface area (Å²) in [5.74, 6) is 1.50. The van der Waals surface area contributed by atoms with Crippen LogP contribution in [0.4, 0.5) is 0 Å². The quantitative estimate of drug-likeness (QED) is 0.0510. The highest BCUT2D eigenvalue weighted by Gasteiger charge is 2.12. The first kappa shape index (κ1) is 43.5. The largest absolute Gasteiger partial charge is 0.465 e. The van der Waals surface area contributed by atoms with E-state index in [0.29, 0.717) is 18.9 Å². The predicted molar refractivity (Wildman–Crippen MR) is 198 cm³/mol. The topological polar surface area (TPSA) is 26.3 Å². The molecule has 0 aliphatic heterocycles. The van der Waals surface area contributed by atoms with E-state index in [1.54, 1.807) is 0 Å². The second kappa shape index (κ2) is 36.9. The number of hydrogen-bond acceptors (Lipinski definition) is 2. The molecule has 0 heterocycles.